The Hall–Kier alpha value is -1.76. The Morgan fingerprint density at radius 3 is 2.89 bits per heavy atom. The van der Waals surface area contributed by atoms with Crippen LogP contribution in [-0.2, 0) is 14.6 Å². The van der Waals surface area contributed by atoms with Crippen molar-refractivity contribution in [1.29, 1.82) is 0 Å². The van der Waals surface area contributed by atoms with Gasteiger partial charge in [-0.15, -0.1) is 0 Å². The number of hydrogen-bond donors (Lipinski definition) is 0. The van der Waals surface area contributed by atoms with Crippen LogP contribution in [0.15, 0.2) is 24.3 Å². The molecule has 3 rings (SSSR count). The van der Waals surface area contributed by atoms with Crippen molar-refractivity contribution in [1.82, 2.24) is 0 Å². The van der Waals surface area contributed by atoms with Crippen LogP contribution in [0.3, 0.4) is 0 Å². The molecule has 0 aliphatic carbocycles. The smallest absolute Gasteiger partial charge is 0.415 e. The van der Waals surface area contributed by atoms with Crippen molar-refractivity contribution in [2.75, 3.05) is 23.5 Å². The van der Waals surface area contributed by atoms with Gasteiger partial charge >= 0.3 is 6.09 Å². The fraction of sp³-hybridized carbons (Fsp3) is 0.417. The lowest BCUT2D eigenvalue weighted by Crippen LogP contribution is -2.36. The topological polar surface area (TPSA) is 72.9 Å². The minimum absolute atomic E-state index is 0.0549. The first-order valence-corrected chi connectivity index (χ1v) is 7.66. The molecular formula is C12H13NO5S. The molecule has 0 aromatic heterocycles. The molecule has 1 aromatic carbocycles. The van der Waals surface area contributed by atoms with E-state index in [0.29, 0.717) is 11.4 Å². The molecule has 2 fully saturated rings. The van der Waals surface area contributed by atoms with Crippen molar-refractivity contribution in [3.8, 4) is 5.75 Å². The highest BCUT2D eigenvalue weighted by atomic mass is 32.2. The normalized spacial score (nSPS) is 28.1. The largest absolute Gasteiger partial charge is 0.497 e. The molecule has 2 atom stereocenters. The highest BCUT2D eigenvalue weighted by Crippen LogP contribution is 2.34. The molecule has 0 N–H and O–H groups in total. The van der Waals surface area contributed by atoms with Gasteiger partial charge in [0.05, 0.1) is 30.3 Å². The fourth-order valence-corrected chi connectivity index (χ4v) is 4.34. The Labute approximate surface area is 110 Å². The zero-order valence-electron chi connectivity index (χ0n) is 10.3. The summed E-state index contributed by atoms with van der Waals surface area (Å²) in [5, 5.41) is 0. The van der Waals surface area contributed by atoms with Crippen molar-refractivity contribution >= 4 is 21.6 Å². The van der Waals surface area contributed by atoms with Crippen molar-refractivity contribution in [2.24, 2.45) is 0 Å². The molecule has 0 spiro atoms. The molecule has 7 heteroatoms. The molecule has 0 unspecified atom stereocenters. The molecule has 1 amide bonds. The molecule has 1 aromatic rings. The number of fused-ring (bicyclic) bond motifs is 1. The van der Waals surface area contributed by atoms with E-state index >= 15 is 0 Å². The summed E-state index contributed by atoms with van der Waals surface area (Å²) in [6.07, 6.45) is -1.07. The van der Waals surface area contributed by atoms with Gasteiger partial charge in [-0.3, -0.25) is 4.90 Å². The minimum Gasteiger partial charge on any atom is -0.497 e. The van der Waals surface area contributed by atoms with E-state index in [9.17, 15) is 13.2 Å². The molecule has 0 radical (unpaired) electrons. The first-order valence-electron chi connectivity index (χ1n) is 5.84. The number of rotatable bonds is 2. The lowest BCUT2D eigenvalue weighted by Gasteiger charge is -2.19. The Morgan fingerprint density at radius 1 is 1.37 bits per heavy atom. The Kier molecular flexibility index (Phi) is 2.67. The van der Waals surface area contributed by atoms with E-state index in [1.165, 1.54) is 12.0 Å². The van der Waals surface area contributed by atoms with Crippen molar-refractivity contribution in [3.05, 3.63) is 24.3 Å². The van der Waals surface area contributed by atoms with E-state index in [4.69, 9.17) is 9.47 Å². The van der Waals surface area contributed by atoms with Crippen LogP contribution in [-0.4, -0.2) is 45.3 Å². The second-order valence-corrected chi connectivity index (χ2v) is 6.79. The van der Waals surface area contributed by atoms with Gasteiger partial charge in [-0.2, -0.15) is 0 Å². The van der Waals surface area contributed by atoms with Gasteiger partial charge in [0.1, 0.15) is 11.9 Å². The van der Waals surface area contributed by atoms with Crippen molar-refractivity contribution in [3.63, 3.8) is 0 Å². The molecule has 2 aliphatic heterocycles. The summed E-state index contributed by atoms with van der Waals surface area (Å²) >= 11 is 0. The van der Waals surface area contributed by atoms with Gasteiger partial charge in [-0.05, 0) is 12.1 Å². The number of nitrogens with zero attached hydrogens (tertiary/aromatic N) is 1. The number of carbonyl (C=O) groups excluding carboxylic acids is 1. The summed E-state index contributed by atoms with van der Waals surface area (Å²) in [7, 11) is -1.60. The third-order valence-corrected chi connectivity index (χ3v) is 5.07. The average molecular weight is 283 g/mol. The number of ether oxygens (including phenoxy) is 2. The van der Waals surface area contributed by atoms with E-state index in [1.54, 1.807) is 24.3 Å². The van der Waals surface area contributed by atoms with Gasteiger partial charge in [0.25, 0.3) is 0 Å². The highest BCUT2D eigenvalue weighted by Gasteiger charge is 2.51. The Morgan fingerprint density at radius 2 is 2.16 bits per heavy atom. The molecule has 0 bridgehead atoms. The molecule has 6 nitrogen and oxygen atoms in total. The number of amides is 1. The predicted molar refractivity (Wildman–Crippen MR) is 68.2 cm³/mol. The van der Waals surface area contributed by atoms with Crippen molar-refractivity contribution < 1.29 is 22.7 Å². The summed E-state index contributed by atoms with van der Waals surface area (Å²) in [6.45, 7) is 0. The number of sulfone groups is 1. The molecule has 2 aliphatic rings. The zero-order valence-corrected chi connectivity index (χ0v) is 11.1. The first kappa shape index (κ1) is 12.3. The SMILES string of the molecule is COc1cccc(N2C(=O)O[C@H]3CS(=O)(=O)C[C@H]32)c1. The lowest BCUT2D eigenvalue weighted by atomic mass is 10.2. The van der Waals surface area contributed by atoms with Crippen molar-refractivity contribution in [2.45, 2.75) is 12.1 Å². The lowest BCUT2D eigenvalue weighted by molar-refractivity contribution is 0.147. The molecule has 2 saturated heterocycles. The summed E-state index contributed by atoms with van der Waals surface area (Å²) in [4.78, 5) is 13.3. The van der Waals surface area contributed by atoms with Gasteiger partial charge < -0.3 is 9.47 Å². The van der Waals surface area contributed by atoms with Crippen LogP contribution >= 0.6 is 0 Å². The van der Waals surface area contributed by atoms with Gasteiger partial charge in [0, 0.05) is 6.07 Å². The Bertz CT molecular complexity index is 627. The van der Waals surface area contributed by atoms with Gasteiger partial charge in [-0.25, -0.2) is 13.2 Å². The average Bonchev–Trinajstić information content (AvgIpc) is 2.79. The second-order valence-electron chi connectivity index (χ2n) is 4.64. The van der Waals surface area contributed by atoms with Crippen LogP contribution in [0.1, 0.15) is 0 Å². The molecular weight excluding hydrogens is 270 g/mol. The number of benzene rings is 1. The molecule has 2 heterocycles. The van der Waals surface area contributed by atoms with Gasteiger partial charge in [0.15, 0.2) is 9.84 Å². The monoisotopic (exact) mass is 283 g/mol. The molecule has 19 heavy (non-hydrogen) atoms. The second kappa shape index (κ2) is 4.12. The van der Waals surface area contributed by atoms with E-state index < -0.39 is 28.1 Å². The zero-order chi connectivity index (χ0) is 13.6. The standard InChI is InChI=1S/C12H13NO5S/c1-17-9-4-2-3-8(5-9)13-10-6-19(15,16)7-11(10)18-12(13)14/h2-5,10-11H,6-7H2,1H3/t10-,11+/m1/s1. The maximum Gasteiger partial charge on any atom is 0.415 e. The van der Waals surface area contributed by atoms with Gasteiger partial charge in [0.2, 0.25) is 0 Å². The third kappa shape index (κ3) is 2.03. The first-order chi connectivity index (χ1) is 9.00. The number of carbonyl (C=O) groups is 1. The van der Waals surface area contributed by atoms with Crippen LogP contribution in [0, 0.1) is 0 Å². The quantitative estimate of drug-likeness (QED) is 0.803. The predicted octanol–water partition coefficient (Wildman–Crippen LogP) is 0.817. The number of hydrogen-bond acceptors (Lipinski definition) is 5. The van der Waals surface area contributed by atoms with Crippen LogP contribution in [0.25, 0.3) is 0 Å². The molecule has 102 valence electrons. The van der Waals surface area contributed by atoms with Crippen LogP contribution in [0.4, 0.5) is 10.5 Å². The van der Waals surface area contributed by atoms with E-state index in [0.717, 1.165) is 0 Å². The number of anilines is 1. The maximum atomic E-state index is 11.9. The van der Waals surface area contributed by atoms with E-state index in [2.05, 4.69) is 0 Å². The number of methoxy groups -OCH3 is 1. The van der Waals surface area contributed by atoms with Gasteiger partial charge in [-0.1, -0.05) is 6.07 Å². The van der Waals surface area contributed by atoms with E-state index in [1.807, 2.05) is 0 Å². The van der Waals surface area contributed by atoms with Crippen LogP contribution in [0.2, 0.25) is 0 Å². The summed E-state index contributed by atoms with van der Waals surface area (Å²) in [5.74, 6) is 0.458. The minimum atomic E-state index is -3.14. The fourth-order valence-electron chi connectivity index (χ4n) is 2.53. The van der Waals surface area contributed by atoms with Crippen LogP contribution < -0.4 is 9.64 Å². The summed E-state index contributed by atoms with van der Waals surface area (Å²) in [5.41, 5.74) is 0.592. The summed E-state index contributed by atoms with van der Waals surface area (Å²) in [6, 6.07) is 6.49. The van der Waals surface area contributed by atoms with E-state index in [-0.39, 0.29) is 11.5 Å². The summed E-state index contributed by atoms with van der Waals surface area (Å²) < 4.78 is 33.4. The van der Waals surface area contributed by atoms with Crippen LogP contribution in [0.5, 0.6) is 5.75 Å². The third-order valence-electron chi connectivity index (χ3n) is 3.38. The maximum absolute atomic E-state index is 11.9. The Balaban J connectivity index is 1.97. The highest BCUT2D eigenvalue weighted by molar-refractivity contribution is 7.91. The molecule has 0 saturated carbocycles.